The molecule has 98 valence electrons. The minimum Gasteiger partial charge on any atom is -0.271 e. The summed E-state index contributed by atoms with van der Waals surface area (Å²) in [6.07, 6.45) is 8.02. The molecule has 0 bridgehead atoms. The second kappa shape index (κ2) is 6.12. The van der Waals surface area contributed by atoms with Crippen LogP contribution in [0, 0.1) is 12.7 Å². The van der Waals surface area contributed by atoms with E-state index in [0.717, 1.165) is 30.4 Å². The molecule has 0 fully saturated rings. The van der Waals surface area contributed by atoms with Gasteiger partial charge >= 0.3 is 0 Å². The van der Waals surface area contributed by atoms with Gasteiger partial charge in [0.15, 0.2) is 0 Å². The first-order valence-corrected chi connectivity index (χ1v) is 6.60. The van der Waals surface area contributed by atoms with E-state index in [4.69, 9.17) is 5.84 Å². The van der Waals surface area contributed by atoms with E-state index in [1.807, 2.05) is 13.0 Å². The Kier molecular flexibility index (Phi) is 4.50. The summed E-state index contributed by atoms with van der Waals surface area (Å²) < 4.78 is 13.4. The lowest BCUT2D eigenvalue weighted by atomic mass is 9.91. The lowest BCUT2D eigenvalue weighted by Gasteiger charge is -2.21. The van der Waals surface area contributed by atoms with Crippen molar-refractivity contribution in [2.24, 2.45) is 5.84 Å². The molecule has 3 N–H and O–H groups in total. The Morgan fingerprint density at radius 1 is 1.33 bits per heavy atom. The summed E-state index contributed by atoms with van der Waals surface area (Å²) in [7, 11) is 0. The van der Waals surface area contributed by atoms with Crippen LogP contribution in [0.2, 0.25) is 0 Å². The zero-order valence-corrected chi connectivity index (χ0v) is 10.9. The molecule has 1 aliphatic rings. The monoisotopic (exact) mass is 248 g/mol. The number of hydrogen-bond donors (Lipinski definition) is 2. The largest absolute Gasteiger partial charge is 0.271 e. The molecule has 0 spiro atoms. The van der Waals surface area contributed by atoms with E-state index < -0.39 is 0 Å². The van der Waals surface area contributed by atoms with Crippen LogP contribution in [0.4, 0.5) is 4.39 Å². The normalized spacial score (nSPS) is 17.4. The van der Waals surface area contributed by atoms with Crippen molar-refractivity contribution in [1.82, 2.24) is 5.43 Å². The molecule has 0 amide bonds. The standard InChI is InChI=1S/C15H21FN2/c1-11-7-13(10-14(16)8-11)15(18-17)9-12-5-3-2-4-6-12/h5,7-8,10,15,18H,2-4,6,9,17H2,1H3. The van der Waals surface area contributed by atoms with Crippen LogP contribution in [0.25, 0.3) is 0 Å². The molecule has 0 radical (unpaired) electrons. The number of aryl methyl sites for hydroxylation is 1. The number of halogens is 1. The summed E-state index contributed by atoms with van der Waals surface area (Å²) in [5.41, 5.74) is 6.11. The summed E-state index contributed by atoms with van der Waals surface area (Å²) in [4.78, 5) is 0. The Balaban J connectivity index is 2.14. The minimum absolute atomic E-state index is 0.00347. The van der Waals surface area contributed by atoms with Gasteiger partial charge in [0.2, 0.25) is 0 Å². The van der Waals surface area contributed by atoms with Crippen molar-refractivity contribution >= 4 is 0 Å². The van der Waals surface area contributed by atoms with E-state index in [0.29, 0.717) is 0 Å². The van der Waals surface area contributed by atoms with Crippen molar-refractivity contribution in [3.63, 3.8) is 0 Å². The first-order valence-electron chi connectivity index (χ1n) is 6.60. The van der Waals surface area contributed by atoms with E-state index in [-0.39, 0.29) is 11.9 Å². The Labute approximate surface area is 108 Å². The van der Waals surface area contributed by atoms with Crippen LogP contribution in [-0.2, 0) is 0 Å². The van der Waals surface area contributed by atoms with Gasteiger partial charge in [0.25, 0.3) is 0 Å². The molecule has 0 heterocycles. The van der Waals surface area contributed by atoms with Gasteiger partial charge < -0.3 is 0 Å². The minimum atomic E-state index is -0.192. The van der Waals surface area contributed by atoms with Gasteiger partial charge in [-0.1, -0.05) is 17.7 Å². The van der Waals surface area contributed by atoms with E-state index >= 15 is 0 Å². The molecule has 1 aliphatic carbocycles. The fraction of sp³-hybridized carbons (Fsp3) is 0.467. The van der Waals surface area contributed by atoms with Crippen molar-refractivity contribution in [1.29, 1.82) is 0 Å². The van der Waals surface area contributed by atoms with Crippen LogP contribution in [0.1, 0.15) is 49.3 Å². The second-order valence-electron chi connectivity index (χ2n) is 5.09. The number of nitrogens with one attached hydrogen (secondary N) is 1. The lowest BCUT2D eigenvalue weighted by molar-refractivity contribution is 0.523. The highest BCUT2D eigenvalue weighted by Crippen LogP contribution is 2.28. The first-order chi connectivity index (χ1) is 8.69. The second-order valence-corrected chi connectivity index (χ2v) is 5.09. The number of benzene rings is 1. The van der Waals surface area contributed by atoms with E-state index in [1.54, 1.807) is 6.07 Å². The first kappa shape index (κ1) is 13.2. The Bertz CT molecular complexity index is 420. The van der Waals surface area contributed by atoms with Crippen molar-refractivity contribution in [2.75, 3.05) is 0 Å². The van der Waals surface area contributed by atoms with Gasteiger partial charge in [0, 0.05) is 6.04 Å². The highest BCUT2D eigenvalue weighted by Gasteiger charge is 2.14. The van der Waals surface area contributed by atoms with Gasteiger partial charge in [-0.3, -0.25) is 11.3 Å². The number of nitrogens with two attached hydrogens (primary N) is 1. The average molecular weight is 248 g/mol. The maximum atomic E-state index is 13.4. The van der Waals surface area contributed by atoms with Crippen molar-refractivity contribution in [3.8, 4) is 0 Å². The zero-order valence-electron chi connectivity index (χ0n) is 10.9. The molecule has 3 heteroatoms. The molecule has 0 saturated heterocycles. The summed E-state index contributed by atoms with van der Waals surface area (Å²) in [5.74, 6) is 5.43. The molecule has 0 saturated carbocycles. The molecular weight excluding hydrogens is 227 g/mol. The average Bonchev–Trinajstić information content (AvgIpc) is 2.36. The van der Waals surface area contributed by atoms with Gasteiger partial charge in [-0.2, -0.15) is 0 Å². The van der Waals surface area contributed by atoms with Crippen LogP contribution in [-0.4, -0.2) is 0 Å². The van der Waals surface area contributed by atoms with Gasteiger partial charge in [-0.15, -0.1) is 0 Å². The van der Waals surface area contributed by atoms with E-state index in [9.17, 15) is 4.39 Å². The van der Waals surface area contributed by atoms with Crippen molar-refractivity contribution in [3.05, 3.63) is 46.8 Å². The molecule has 1 atom stereocenters. The quantitative estimate of drug-likeness (QED) is 0.486. The van der Waals surface area contributed by atoms with Gasteiger partial charge in [-0.25, -0.2) is 4.39 Å². The fourth-order valence-electron chi connectivity index (χ4n) is 2.59. The molecule has 0 aliphatic heterocycles. The Morgan fingerprint density at radius 3 is 2.78 bits per heavy atom. The van der Waals surface area contributed by atoms with Gasteiger partial charge in [0.05, 0.1) is 0 Å². The number of allylic oxidation sites excluding steroid dienone is 1. The molecule has 1 aromatic carbocycles. The predicted octanol–water partition coefficient (Wildman–Crippen LogP) is 3.53. The third kappa shape index (κ3) is 3.40. The highest BCUT2D eigenvalue weighted by atomic mass is 19.1. The zero-order chi connectivity index (χ0) is 13.0. The maximum absolute atomic E-state index is 13.4. The molecule has 18 heavy (non-hydrogen) atoms. The molecule has 0 aromatic heterocycles. The summed E-state index contributed by atoms with van der Waals surface area (Å²) in [6, 6.07) is 5.11. The van der Waals surface area contributed by atoms with Crippen LogP contribution in [0.3, 0.4) is 0 Å². The topological polar surface area (TPSA) is 38.0 Å². The SMILES string of the molecule is Cc1cc(F)cc(C(CC2=CCCCC2)NN)c1. The molecule has 1 aromatic rings. The van der Waals surface area contributed by atoms with Gasteiger partial charge in [0.1, 0.15) is 5.82 Å². The number of hydrogen-bond acceptors (Lipinski definition) is 2. The van der Waals surface area contributed by atoms with Crippen LogP contribution in [0.15, 0.2) is 29.8 Å². The lowest BCUT2D eigenvalue weighted by Crippen LogP contribution is -2.28. The molecule has 2 nitrogen and oxygen atoms in total. The van der Waals surface area contributed by atoms with E-state index in [1.165, 1.54) is 24.5 Å². The summed E-state index contributed by atoms with van der Waals surface area (Å²) in [5, 5.41) is 0. The van der Waals surface area contributed by atoms with Crippen molar-refractivity contribution < 1.29 is 4.39 Å². The molecule has 2 rings (SSSR count). The fourth-order valence-corrected chi connectivity index (χ4v) is 2.59. The third-order valence-electron chi connectivity index (χ3n) is 3.52. The van der Waals surface area contributed by atoms with Crippen LogP contribution in [0.5, 0.6) is 0 Å². The predicted molar refractivity (Wildman–Crippen MR) is 72.4 cm³/mol. The smallest absolute Gasteiger partial charge is 0.123 e. The third-order valence-corrected chi connectivity index (χ3v) is 3.52. The number of hydrazine groups is 1. The summed E-state index contributed by atoms with van der Waals surface area (Å²) in [6.45, 7) is 1.90. The van der Waals surface area contributed by atoms with Gasteiger partial charge in [-0.05, 0) is 62.3 Å². The van der Waals surface area contributed by atoms with E-state index in [2.05, 4.69) is 11.5 Å². The molecular formula is C15H21FN2. The Hall–Kier alpha value is -1.19. The van der Waals surface area contributed by atoms with Crippen LogP contribution < -0.4 is 11.3 Å². The summed E-state index contributed by atoms with van der Waals surface area (Å²) >= 11 is 0. The highest BCUT2D eigenvalue weighted by molar-refractivity contribution is 5.27. The number of rotatable bonds is 4. The van der Waals surface area contributed by atoms with Crippen molar-refractivity contribution in [2.45, 2.75) is 45.1 Å². The Morgan fingerprint density at radius 2 is 2.17 bits per heavy atom. The maximum Gasteiger partial charge on any atom is 0.123 e. The van der Waals surface area contributed by atoms with Crippen LogP contribution >= 0.6 is 0 Å². The molecule has 1 unspecified atom stereocenters.